The molecule has 21 heavy (non-hydrogen) atoms. The summed E-state index contributed by atoms with van der Waals surface area (Å²) < 4.78 is 19.5. The SMILES string of the molecule is CSc1ccc(OCc2ccc(C#CCO)cc2F)cc1. The molecule has 4 heteroatoms. The lowest BCUT2D eigenvalue weighted by molar-refractivity contribution is 0.299. The van der Waals surface area contributed by atoms with E-state index in [2.05, 4.69) is 11.8 Å². The molecule has 0 bridgehead atoms. The summed E-state index contributed by atoms with van der Waals surface area (Å²) in [6.45, 7) is -0.0727. The molecule has 0 aliphatic carbocycles. The molecule has 0 saturated heterocycles. The molecule has 2 aromatic rings. The second-order valence-corrected chi connectivity index (χ2v) is 5.11. The van der Waals surface area contributed by atoms with Crippen molar-refractivity contribution < 1.29 is 14.2 Å². The molecular formula is C17H15FO2S. The number of halogens is 1. The fraction of sp³-hybridized carbons (Fsp3) is 0.176. The Hall–Kier alpha value is -1.96. The van der Waals surface area contributed by atoms with Gasteiger partial charge in [0, 0.05) is 16.0 Å². The van der Waals surface area contributed by atoms with Gasteiger partial charge in [-0.3, -0.25) is 0 Å². The molecule has 0 aliphatic rings. The summed E-state index contributed by atoms with van der Waals surface area (Å²) in [4.78, 5) is 1.15. The third kappa shape index (κ3) is 4.52. The molecule has 0 fully saturated rings. The van der Waals surface area contributed by atoms with Crippen LogP contribution < -0.4 is 4.74 Å². The minimum atomic E-state index is -0.361. The van der Waals surface area contributed by atoms with E-state index >= 15 is 0 Å². The van der Waals surface area contributed by atoms with Crippen molar-refractivity contribution in [2.24, 2.45) is 0 Å². The summed E-state index contributed by atoms with van der Waals surface area (Å²) in [5, 5.41) is 8.61. The maximum atomic E-state index is 13.9. The smallest absolute Gasteiger partial charge is 0.131 e. The lowest BCUT2D eigenvalue weighted by atomic mass is 10.1. The fourth-order valence-electron chi connectivity index (χ4n) is 1.72. The first-order chi connectivity index (χ1) is 10.2. The molecule has 0 saturated carbocycles. The van der Waals surface area contributed by atoms with Gasteiger partial charge in [0.25, 0.3) is 0 Å². The Morgan fingerprint density at radius 2 is 1.95 bits per heavy atom. The van der Waals surface area contributed by atoms with E-state index in [1.54, 1.807) is 23.9 Å². The van der Waals surface area contributed by atoms with Crippen LogP contribution in [0.5, 0.6) is 5.75 Å². The van der Waals surface area contributed by atoms with Crippen LogP contribution in [0.15, 0.2) is 47.4 Å². The maximum absolute atomic E-state index is 13.9. The van der Waals surface area contributed by atoms with Gasteiger partial charge in [-0.05, 0) is 42.7 Å². The number of aliphatic hydroxyl groups is 1. The molecule has 2 nitrogen and oxygen atoms in total. The third-order valence-corrected chi connectivity index (χ3v) is 3.56. The monoisotopic (exact) mass is 302 g/mol. The number of hydrogen-bond donors (Lipinski definition) is 1. The number of hydrogen-bond acceptors (Lipinski definition) is 3. The van der Waals surface area contributed by atoms with Crippen LogP contribution in [0.2, 0.25) is 0 Å². The maximum Gasteiger partial charge on any atom is 0.131 e. The molecule has 0 aromatic heterocycles. The van der Waals surface area contributed by atoms with E-state index in [9.17, 15) is 4.39 Å². The Balaban J connectivity index is 2.02. The van der Waals surface area contributed by atoms with E-state index in [-0.39, 0.29) is 19.0 Å². The summed E-state index contributed by atoms with van der Waals surface area (Å²) in [5.41, 5.74) is 1.01. The normalized spacial score (nSPS) is 9.86. The zero-order valence-corrected chi connectivity index (χ0v) is 12.4. The predicted octanol–water partition coefficient (Wildman–Crippen LogP) is 3.47. The second kappa shape index (κ2) is 7.72. The minimum Gasteiger partial charge on any atom is -0.489 e. The predicted molar refractivity (Wildman–Crippen MR) is 82.9 cm³/mol. The van der Waals surface area contributed by atoms with Gasteiger partial charge in [0.1, 0.15) is 24.8 Å². The van der Waals surface area contributed by atoms with Crippen molar-refractivity contribution in [1.82, 2.24) is 0 Å². The van der Waals surface area contributed by atoms with Crippen LogP contribution in [0, 0.1) is 17.7 Å². The van der Waals surface area contributed by atoms with Crippen molar-refractivity contribution in [3.8, 4) is 17.6 Å². The fourth-order valence-corrected chi connectivity index (χ4v) is 2.12. The van der Waals surface area contributed by atoms with Gasteiger partial charge in [0.15, 0.2) is 0 Å². The lowest BCUT2D eigenvalue weighted by Gasteiger charge is -2.08. The van der Waals surface area contributed by atoms with Gasteiger partial charge < -0.3 is 9.84 Å². The summed E-state index contributed by atoms with van der Waals surface area (Å²) in [7, 11) is 0. The van der Waals surface area contributed by atoms with Gasteiger partial charge in [-0.1, -0.05) is 17.9 Å². The molecule has 2 aromatic carbocycles. The van der Waals surface area contributed by atoms with E-state index in [0.29, 0.717) is 16.9 Å². The van der Waals surface area contributed by atoms with Crippen molar-refractivity contribution in [2.45, 2.75) is 11.5 Å². The Kier molecular flexibility index (Phi) is 5.68. The van der Waals surface area contributed by atoms with Crippen molar-refractivity contribution in [2.75, 3.05) is 12.9 Å². The number of rotatable bonds is 4. The van der Waals surface area contributed by atoms with E-state index < -0.39 is 0 Å². The number of benzene rings is 2. The van der Waals surface area contributed by atoms with Crippen LogP contribution in [0.25, 0.3) is 0 Å². The highest BCUT2D eigenvalue weighted by molar-refractivity contribution is 7.98. The Morgan fingerprint density at radius 1 is 1.19 bits per heavy atom. The summed E-state index contributed by atoms with van der Waals surface area (Å²) in [6, 6.07) is 12.4. The molecular weight excluding hydrogens is 287 g/mol. The standard InChI is InChI=1S/C17H15FO2S/c1-21-16-8-6-15(7-9-16)20-12-14-5-4-13(3-2-10-19)11-17(14)18/h4-9,11,19H,10,12H2,1H3. The summed E-state index contributed by atoms with van der Waals surface area (Å²) >= 11 is 1.66. The van der Waals surface area contributed by atoms with Crippen molar-refractivity contribution in [1.29, 1.82) is 0 Å². The minimum absolute atomic E-state index is 0.165. The highest BCUT2D eigenvalue weighted by atomic mass is 32.2. The summed E-state index contributed by atoms with van der Waals surface area (Å²) in [6.07, 6.45) is 2.01. The molecule has 1 N–H and O–H groups in total. The van der Waals surface area contributed by atoms with Crippen LogP contribution in [-0.4, -0.2) is 18.0 Å². The molecule has 0 unspecified atom stereocenters. The Morgan fingerprint density at radius 3 is 2.57 bits per heavy atom. The number of aliphatic hydroxyl groups excluding tert-OH is 1. The van der Waals surface area contributed by atoms with Crippen molar-refractivity contribution >= 4 is 11.8 Å². The molecule has 0 atom stereocenters. The van der Waals surface area contributed by atoms with Crippen LogP contribution in [-0.2, 0) is 6.61 Å². The van der Waals surface area contributed by atoms with Gasteiger partial charge in [0.2, 0.25) is 0 Å². The molecule has 0 radical (unpaired) electrons. The van der Waals surface area contributed by atoms with E-state index in [1.165, 1.54) is 6.07 Å². The molecule has 0 heterocycles. The van der Waals surface area contributed by atoms with Crippen molar-refractivity contribution in [3.63, 3.8) is 0 Å². The van der Waals surface area contributed by atoms with Crippen LogP contribution in [0.4, 0.5) is 4.39 Å². The second-order valence-electron chi connectivity index (χ2n) is 4.23. The van der Waals surface area contributed by atoms with E-state index in [4.69, 9.17) is 9.84 Å². The zero-order valence-electron chi connectivity index (χ0n) is 11.6. The summed E-state index contributed by atoms with van der Waals surface area (Å²) in [5.74, 6) is 5.50. The van der Waals surface area contributed by atoms with E-state index in [0.717, 1.165) is 4.90 Å². The first-order valence-corrected chi connectivity index (χ1v) is 7.60. The number of ether oxygens (including phenoxy) is 1. The topological polar surface area (TPSA) is 29.5 Å². The van der Waals surface area contributed by atoms with Gasteiger partial charge in [-0.15, -0.1) is 11.8 Å². The quantitative estimate of drug-likeness (QED) is 0.693. The average molecular weight is 302 g/mol. The van der Waals surface area contributed by atoms with Gasteiger partial charge in [-0.2, -0.15) is 0 Å². The average Bonchev–Trinajstić information content (AvgIpc) is 2.52. The van der Waals surface area contributed by atoms with Crippen LogP contribution in [0.3, 0.4) is 0 Å². The largest absolute Gasteiger partial charge is 0.489 e. The Labute approximate surface area is 128 Å². The van der Waals surface area contributed by atoms with Crippen molar-refractivity contribution in [3.05, 3.63) is 59.4 Å². The molecule has 2 rings (SSSR count). The molecule has 108 valence electrons. The third-order valence-electron chi connectivity index (χ3n) is 2.82. The van der Waals surface area contributed by atoms with E-state index in [1.807, 2.05) is 30.5 Å². The molecule has 0 amide bonds. The van der Waals surface area contributed by atoms with Gasteiger partial charge in [0.05, 0.1) is 0 Å². The van der Waals surface area contributed by atoms with Gasteiger partial charge in [-0.25, -0.2) is 4.39 Å². The Bertz CT molecular complexity index is 657. The van der Waals surface area contributed by atoms with Crippen LogP contribution >= 0.6 is 11.8 Å². The molecule has 0 spiro atoms. The highest BCUT2D eigenvalue weighted by Crippen LogP contribution is 2.20. The van der Waals surface area contributed by atoms with Crippen LogP contribution in [0.1, 0.15) is 11.1 Å². The highest BCUT2D eigenvalue weighted by Gasteiger charge is 2.04. The lowest BCUT2D eigenvalue weighted by Crippen LogP contribution is -1.99. The number of thioether (sulfide) groups is 1. The van der Waals surface area contributed by atoms with Gasteiger partial charge >= 0.3 is 0 Å². The molecule has 0 aliphatic heterocycles. The first-order valence-electron chi connectivity index (χ1n) is 6.38. The zero-order chi connectivity index (χ0) is 15.1. The first kappa shape index (κ1) is 15.4.